The van der Waals surface area contributed by atoms with Crippen LogP contribution in [0.2, 0.25) is 5.02 Å². The normalized spacial score (nSPS) is 17.5. The second kappa shape index (κ2) is 9.76. The van der Waals surface area contributed by atoms with Crippen molar-refractivity contribution in [2.45, 2.75) is 24.7 Å². The number of piperidine rings is 1. The molecule has 0 radical (unpaired) electrons. The van der Waals surface area contributed by atoms with Crippen LogP contribution in [0.5, 0.6) is 0 Å². The summed E-state index contributed by atoms with van der Waals surface area (Å²) in [7, 11) is -4.05. The van der Waals surface area contributed by atoms with Crippen molar-refractivity contribution in [3.8, 4) is 0 Å². The summed E-state index contributed by atoms with van der Waals surface area (Å²) >= 11 is 6.08. The smallest absolute Gasteiger partial charge is 0.263 e. The largest absolute Gasteiger partial charge is 0.351 e. The maximum atomic E-state index is 13.0. The zero-order valence-electron chi connectivity index (χ0n) is 16.7. The van der Waals surface area contributed by atoms with Crippen LogP contribution in [0.15, 0.2) is 47.4 Å². The molecule has 0 bridgehead atoms. The van der Waals surface area contributed by atoms with E-state index in [0.29, 0.717) is 12.5 Å². The minimum atomic E-state index is -4.05. The third-order valence-electron chi connectivity index (χ3n) is 5.03. The van der Waals surface area contributed by atoms with Gasteiger partial charge in [-0.25, -0.2) is 12.8 Å². The molecule has 2 N–H and O–H groups in total. The van der Waals surface area contributed by atoms with Gasteiger partial charge in [0, 0.05) is 30.9 Å². The Morgan fingerprint density at radius 3 is 2.67 bits per heavy atom. The molecule has 6 nitrogen and oxygen atoms in total. The molecule has 30 heavy (non-hydrogen) atoms. The van der Waals surface area contributed by atoms with Gasteiger partial charge < -0.3 is 10.2 Å². The number of hydrogen-bond acceptors (Lipinski definition) is 4. The molecule has 2 aromatic carbocycles. The van der Waals surface area contributed by atoms with Gasteiger partial charge in [-0.1, -0.05) is 18.5 Å². The van der Waals surface area contributed by atoms with Crippen LogP contribution in [0.4, 0.5) is 10.1 Å². The minimum absolute atomic E-state index is 0.0107. The standard InChI is InChI=1S/C21H25ClFN3O3S/c1-15-3-2-11-26(14-15)12-10-24-21(27)16-4-9-19(22)20(13-16)30(28,29)25-18-7-5-17(23)6-8-18/h4-9,13,15,25H,2-3,10-12,14H2,1H3,(H,24,27). The SMILES string of the molecule is CC1CCCN(CCNC(=O)c2ccc(Cl)c(S(=O)(=O)Nc3ccc(F)cc3)c2)C1. The lowest BCUT2D eigenvalue weighted by molar-refractivity contribution is 0.0943. The monoisotopic (exact) mass is 453 g/mol. The Bertz CT molecular complexity index is 999. The summed E-state index contributed by atoms with van der Waals surface area (Å²) in [6.07, 6.45) is 2.39. The van der Waals surface area contributed by atoms with Gasteiger partial charge in [0.05, 0.1) is 5.02 Å². The number of nitrogens with zero attached hydrogens (tertiary/aromatic N) is 1. The molecule has 0 aromatic heterocycles. The van der Waals surface area contributed by atoms with Crippen LogP contribution in [0, 0.1) is 11.7 Å². The molecule has 2 aromatic rings. The minimum Gasteiger partial charge on any atom is -0.351 e. The number of halogens is 2. The summed E-state index contributed by atoms with van der Waals surface area (Å²) in [5.41, 5.74) is 0.393. The molecule has 1 aliphatic rings. The van der Waals surface area contributed by atoms with Crippen LogP contribution in [0.1, 0.15) is 30.1 Å². The van der Waals surface area contributed by atoms with Crippen molar-refractivity contribution in [2.75, 3.05) is 30.9 Å². The lowest BCUT2D eigenvalue weighted by atomic mass is 10.0. The van der Waals surface area contributed by atoms with E-state index >= 15 is 0 Å². The quantitative estimate of drug-likeness (QED) is 0.669. The van der Waals surface area contributed by atoms with E-state index in [9.17, 15) is 17.6 Å². The third kappa shape index (κ3) is 5.93. The molecule has 1 amide bonds. The van der Waals surface area contributed by atoms with Gasteiger partial charge in [-0.2, -0.15) is 0 Å². The molecule has 3 rings (SSSR count). The number of anilines is 1. The number of carbonyl (C=O) groups excluding carboxylic acids is 1. The van der Waals surface area contributed by atoms with Gasteiger partial charge in [0.1, 0.15) is 10.7 Å². The van der Waals surface area contributed by atoms with E-state index in [1.807, 2.05) is 0 Å². The number of likely N-dealkylation sites (tertiary alicyclic amines) is 1. The molecule has 1 fully saturated rings. The fourth-order valence-electron chi connectivity index (χ4n) is 3.50. The van der Waals surface area contributed by atoms with Gasteiger partial charge >= 0.3 is 0 Å². The highest BCUT2D eigenvalue weighted by molar-refractivity contribution is 7.92. The topological polar surface area (TPSA) is 78.5 Å². The van der Waals surface area contributed by atoms with Gasteiger partial charge in [-0.15, -0.1) is 0 Å². The lowest BCUT2D eigenvalue weighted by Gasteiger charge is -2.30. The van der Waals surface area contributed by atoms with Gasteiger partial charge in [0.15, 0.2) is 0 Å². The number of carbonyl (C=O) groups is 1. The predicted octanol–water partition coefficient (Wildman–Crippen LogP) is 3.74. The first kappa shape index (κ1) is 22.5. The fourth-order valence-corrected chi connectivity index (χ4v) is 5.08. The lowest BCUT2D eigenvalue weighted by Crippen LogP contribution is -2.40. The average Bonchev–Trinajstić information content (AvgIpc) is 2.70. The van der Waals surface area contributed by atoms with Crippen molar-refractivity contribution in [1.82, 2.24) is 10.2 Å². The molecular weight excluding hydrogens is 429 g/mol. The van der Waals surface area contributed by atoms with E-state index in [-0.39, 0.29) is 27.1 Å². The summed E-state index contributed by atoms with van der Waals surface area (Å²) in [6.45, 7) is 5.50. The van der Waals surface area contributed by atoms with E-state index in [1.54, 1.807) is 0 Å². The highest BCUT2D eigenvalue weighted by Gasteiger charge is 2.21. The van der Waals surface area contributed by atoms with Crippen LogP contribution in [0.25, 0.3) is 0 Å². The van der Waals surface area contributed by atoms with Gasteiger partial charge in [0.25, 0.3) is 15.9 Å². The third-order valence-corrected chi connectivity index (χ3v) is 6.90. The van der Waals surface area contributed by atoms with Crippen molar-refractivity contribution in [3.63, 3.8) is 0 Å². The molecular formula is C21H25ClFN3O3S. The summed E-state index contributed by atoms with van der Waals surface area (Å²) in [5, 5.41) is 2.82. The molecule has 1 unspecified atom stereocenters. The van der Waals surface area contributed by atoms with Gasteiger partial charge in [-0.05, 0) is 67.8 Å². The highest BCUT2D eigenvalue weighted by Crippen LogP contribution is 2.25. The van der Waals surface area contributed by atoms with Crippen molar-refractivity contribution >= 4 is 33.2 Å². The predicted molar refractivity (Wildman–Crippen MR) is 116 cm³/mol. The van der Waals surface area contributed by atoms with E-state index in [4.69, 9.17) is 11.6 Å². The Morgan fingerprint density at radius 2 is 1.97 bits per heavy atom. The van der Waals surface area contributed by atoms with E-state index in [2.05, 4.69) is 21.9 Å². The Balaban J connectivity index is 1.66. The molecule has 1 atom stereocenters. The maximum Gasteiger partial charge on any atom is 0.263 e. The molecule has 0 spiro atoms. The Labute approximate surface area is 181 Å². The number of amides is 1. The maximum absolute atomic E-state index is 13.0. The van der Waals surface area contributed by atoms with E-state index in [1.165, 1.54) is 36.8 Å². The second-order valence-electron chi connectivity index (χ2n) is 7.56. The first-order valence-corrected chi connectivity index (χ1v) is 11.7. The second-order valence-corrected chi connectivity index (χ2v) is 9.62. The van der Waals surface area contributed by atoms with Gasteiger partial charge in [-0.3, -0.25) is 9.52 Å². The molecule has 0 saturated carbocycles. The summed E-state index contributed by atoms with van der Waals surface area (Å²) in [6, 6.07) is 9.00. The van der Waals surface area contributed by atoms with E-state index < -0.39 is 15.8 Å². The zero-order chi connectivity index (χ0) is 21.7. The number of nitrogens with one attached hydrogen (secondary N) is 2. The van der Waals surface area contributed by atoms with Gasteiger partial charge in [0.2, 0.25) is 0 Å². The van der Waals surface area contributed by atoms with Crippen LogP contribution >= 0.6 is 11.6 Å². The van der Waals surface area contributed by atoms with Crippen molar-refractivity contribution < 1.29 is 17.6 Å². The average molecular weight is 454 g/mol. The molecule has 1 heterocycles. The van der Waals surface area contributed by atoms with Crippen LogP contribution < -0.4 is 10.0 Å². The molecule has 1 aliphatic heterocycles. The number of hydrogen-bond donors (Lipinski definition) is 2. The van der Waals surface area contributed by atoms with Crippen molar-refractivity contribution in [3.05, 3.63) is 58.9 Å². The number of benzene rings is 2. The summed E-state index contributed by atoms with van der Waals surface area (Å²) in [5.74, 6) is -0.185. The van der Waals surface area contributed by atoms with Crippen molar-refractivity contribution in [1.29, 1.82) is 0 Å². The first-order valence-electron chi connectivity index (χ1n) is 9.83. The number of rotatable bonds is 7. The first-order chi connectivity index (χ1) is 14.2. The number of sulfonamides is 1. The Hall–Kier alpha value is -2.16. The Kier molecular flexibility index (Phi) is 7.33. The highest BCUT2D eigenvalue weighted by atomic mass is 35.5. The zero-order valence-corrected chi connectivity index (χ0v) is 18.3. The Morgan fingerprint density at radius 1 is 1.23 bits per heavy atom. The molecule has 0 aliphatic carbocycles. The molecule has 162 valence electrons. The molecule has 1 saturated heterocycles. The van der Waals surface area contributed by atoms with Crippen molar-refractivity contribution in [2.24, 2.45) is 5.92 Å². The van der Waals surface area contributed by atoms with Crippen LogP contribution in [-0.4, -0.2) is 45.4 Å². The van der Waals surface area contributed by atoms with Crippen LogP contribution in [-0.2, 0) is 10.0 Å². The van der Waals surface area contributed by atoms with E-state index in [0.717, 1.165) is 38.2 Å². The molecule has 9 heteroatoms. The summed E-state index contributed by atoms with van der Waals surface area (Å²) in [4.78, 5) is 14.6. The van der Waals surface area contributed by atoms with Crippen LogP contribution in [0.3, 0.4) is 0 Å². The fraction of sp³-hybridized carbons (Fsp3) is 0.381. The summed E-state index contributed by atoms with van der Waals surface area (Å²) < 4.78 is 40.8.